The Bertz CT molecular complexity index is 375. The second kappa shape index (κ2) is 7.63. The molecule has 1 aliphatic heterocycles. The van der Waals surface area contributed by atoms with Crippen molar-refractivity contribution in [1.29, 1.82) is 0 Å². The van der Waals surface area contributed by atoms with Crippen molar-refractivity contribution in [3.05, 3.63) is 35.4 Å². The molecule has 1 heterocycles. The molecule has 1 N–H and O–H groups in total. The molecule has 1 aromatic carbocycles. The van der Waals surface area contributed by atoms with Crippen LogP contribution in [0.2, 0.25) is 0 Å². The first kappa shape index (κ1) is 14.5. The molecule has 0 saturated carbocycles. The summed E-state index contributed by atoms with van der Waals surface area (Å²) in [6.45, 7) is 8.77. The minimum atomic E-state index is 0.298. The van der Waals surface area contributed by atoms with Gasteiger partial charge in [-0.1, -0.05) is 38.1 Å². The summed E-state index contributed by atoms with van der Waals surface area (Å²) in [5.41, 5.74) is 2.69. The van der Waals surface area contributed by atoms with Gasteiger partial charge in [0.1, 0.15) is 6.10 Å². The molecule has 0 atom stereocenters. The molecule has 1 aliphatic rings. The van der Waals surface area contributed by atoms with Gasteiger partial charge in [-0.3, -0.25) is 0 Å². The van der Waals surface area contributed by atoms with E-state index in [1.807, 2.05) is 0 Å². The van der Waals surface area contributed by atoms with Crippen LogP contribution in [0.4, 0.5) is 0 Å². The van der Waals surface area contributed by atoms with Gasteiger partial charge in [0.25, 0.3) is 0 Å². The molecule has 2 rings (SSSR count). The lowest BCUT2D eigenvalue weighted by Gasteiger charge is -2.26. The average molecular weight is 263 g/mol. The minimum absolute atomic E-state index is 0.298. The van der Waals surface area contributed by atoms with E-state index in [4.69, 9.17) is 9.47 Å². The lowest BCUT2D eigenvalue weighted by Crippen LogP contribution is -2.35. The number of nitrogens with one attached hydrogen (secondary N) is 1. The Kier molecular flexibility index (Phi) is 5.83. The molecule has 0 aliphatic carbocycles. The first-order valence-corrected chi connectivity index (χ1v) is 7.22. The van der Waals surface area contributed by atoms with Gasteiger partial charge in [0.15, 0.2) is 0 Å². The zero-order chi connectivity index (χ0) is 13.5. The van der Waals surface area contributed by atoms with Crippen molar-refractivity contribution in [1.82, 2.24) is 5.32 Å². The van der Waals surface area contributed by atoms with Gasteiger partial charge in [-0.2, -0.15) is 0 Å². The third-order valence-corrected chi connectivity index (χ3v) is 3.32. The molecule has 1 fully saturated rings. The Morgan fingerprint density at radius 1 is 1.26 bits per heavy atom. The van der Waals surface area contributed by atoms with Crippen molar-refractivity contribution in [2.45, 2.75) is 33.0 Å². The maximum Gasteiger partial charge on any atom is 0.105 e. The smallest absolute Gasteiger partial charge is 0.105 e. The van der Waals surface area contributed by atoms with Gasteiger partial charge in [-0.25, -0.2) is 0 Å². The average Bonchev–Trinajstić information content (AvgIpc) is 2.34. The van der Waals surface area contributed by atoms with E-state index in [1.54, 1.807) is 0 Å². The molecule has 0 spiro atoms. The number of benzene rings is 1. The topological polar surface area (TPSA) is 30.5 Å². The van der Waals surface area contributed by atoms with Crippen LogP contribution in [0.25, 0.3) is 0 Å². The van der Waals surface area contributed by atoms with Crippen LogP contribution in [0, 0.1) is 5.92 Å². The molecule has 0 amide bonds. The second-order valence-electron chi connectivity index (χ2n) is 5.59. The summed E-state index contributed by atoms with van der Waals surface area (Å²) in [5, 5.41) is 3.49. The molecule has 0 radical (unpaired) electrons. The number of hydrogen-bond acceptors (Lipinski definition) is 3. The van der Waals surface area contributed by atoms with Crippen molar-refractivity contribution in [2.75, 3.05) is 26.3 Å². The van der Waals surface area contributed by atoms with E-state index in [0.29, 0.717) is 18.6 Å². The summed E-state index contributed by atoms with van der Waals surface area (Å²) in [6, 6.07) is 8.55. The summed E-state index contributed by atoms with van der Waals surface area (Å²) in [4.78, 5) is 0. The van der Waals surface area contributed by atoms with Crippen molar-refractivity contribution in [3.8, 4) is 0 Å². The zero-order valence-electron chi connectivity index (χ0n) is 12.0. The van der Waals surface area contributed by atoms with Crippen LogP contribution >= 0.6 is 0 Å². The normalized spacial score (nSPS) is 15.7. The Hall–Kier alpha value is -0.900. The predicted molar refractivity (Wildman–Crippen MR) is 77.2 cm³/mol. The zero-order valence-corrected chi connectivity index (χ0v) is 12.0. The molecule has 1 aromatic rings. The first-order valence-electron chi connectivity index (χ1n) is 7.22. The third-order valence-electron chi connectivity index (χ3n) is 3.32. The summed E-state index contributed by atoms with van der Waals surface area (Å²) >= 11 is 0. The maximum atomic E-state index is 5.80. The molecule has 106 valence electrons. The van der Waals surface area contributed by atoms with E-state index in [-0.39, 0.29) is 0 Å². The van der Waals surface area contributed by atoms with Gasteiger partial charge >= 0.3 is 0 Å². The van der Waals surface area contributed by atoms with Gasteiger partial charge in [0.2, 0.25) is 0 Å². The van der Waals surface area contributed by atoms with Crippen molar-refractivity contribution in [3.63, 3.8) is 0 Å². The SMILES string of the molecule is CC(C)CNCCc1ccccc1COC1COC1. The summed E-state index contributed by atoms with van der Waals surface area (Å²) in [7, 11) is 0. The quantitative estimate of drug-likeness (QED) is 0.731. The lowest BCUT2D eigenvalue weighted by atomic mass is 10.0. The fraction of sp³-hybridized carbons (Fsp3) is 0.625. The van der Waals surface area contributed by atoms with E-state index < -0.39 is 0 Å². The Morgan fingerprint density at radius 2 is 2.00 bits per heavy atom. The maximum absolute atomic E-state index is 5.80. The van der Waals surface area contributed by atoms with E-state index in [2.05, 4.69) is 43.4 Å². The monoisotopic (exact) mass is 263 g/mol. The molecule has 3 nitrogen and oxygen atoms in total. The van der Waals surface area contributed by atoms with Crippen LogP contribution < -0.4 is 5.32 Å². The van der Waals surface area contributed by atoms with E-state index >= 15 is 0 Å². The van der Waals surface area contributed by atoms with E-state index in [0.717, 1.165) is 32.7 Å². The molecule has 1 saturated heterocycles. The largest absolute Gasteiger partial charge is 0.376 e. The highest BCUT2D eigenvalue weighted by atomic mass is 16.6. The second-order valence-corrected chi connectivity index (χ2v) is 5.59. The summed E-state index contributed by atoms with van der Waals surface area (Å²) < 4.78 is 10.9. The number of hydrogen-bond donors (Lipinski definition) is 1. The van der Waals surface area contributed by atoms with E-state index in [9.17, 15) is 0 Å². The van der Waals surface area contributed by atoms with Crippen molar-refractivity contribution >= 4 is 0 Å². The van der Waals surface area contributed by atoms with Crippen LogP contribution in [0.1, 0.15) is 25.0 Å². The van der Waals surface area contributed by atoms with Gasteiger partial charge in [-0.15, -0.1) is 0 Å². The highest BCUT2D eigenvalue weighted by molar-refractivity contribution is 5.26. The minimum Gasteiger partial charge on any atom is -0.376 e. The Morgan fingerprint density at radius 3 is 2.63 bits per heavy atom. The molecule has 0 bridgehead atoms. The van der Waals surface area contributed by atoms with Crippen LogP contribution in [0.5, 0.6) is 0 Å². The molecule has 0 unspecified atom stereocenters. The number of rotatable bonds is 8. The Balaban J connectivity index is 1.77. The number of ether oxygens (including phenoxy) is 2. The van der Waals surface area contributed by atoms with Crippen LogP contribution in [0.15, 0.2) is 24.3 Å². The molecule has 3 heteroatoms. The fourth-order valence-corrected chi connectivity index (χ4v) is 2.07. The van der Waals surface area contributed by atoms with Gasteiger partial charge in [-0.05, 0) is 36.6 Å². The van der Waals surface area contributed by atoms with Crippen LogP contribution in [-0.2, 0) is 22.5 Å². The molecular formula is C16H25NO2. The van der Waals surface area contributed by atoms with Gasteiger partial charge < -0.3 is 14.8 Å². The summed E-state index contributed by atoms with van der Waals surface area (Å²) in [6.07, 6.45) is 1.36. The van der Waals surface area contributed by atoms with E-state index in [1.165, 1.54) is 11.1 Å². The van der Waals surface area contributed by atoms with Crippen LogP contribution in [-0.4, -0.2) is 32.4 Å². The Labute approximate surface area is 116 Å². The lowest BCUT2D eigenvalue weighted by molar-refractivity contribution is -0.135. The van der Waals surface area contributed by atoms with Crippen LogP contribution in [0.3, 0.4) is 0 Å². The predicted octanol–water partition coefficient (Wildman–Crippen LogP) is 2.39. The fourth-order valence-electron chi connectivity index (χ4n) is 2.07. The summed E-state index contributed by atoms with van der Waals surface area (Å²) in [5.74, 6) is 0.706. The molecular weight excluding hydrogens is 238 g/mol. The highest BCUT2D eigenvalue weighted by Gasteiger charge is 2.18. The van der Waals surface area contributed by atoms with Gasteiger partial charge in [0.05, 0.1) is 19.8 Å². The first-order chi connectivity index (χ1) is 9.25. The highest BCUT2D eigenvalue weighted by Crippen LogP contribution is 2.14. The van der Waals surface area contributed by atoms with Crippen molar-refractivity contribution < 1.29 is 9.47 Å². The standard InChI is InChI=1S/C16H25NO2/c1-13(2)9-17-8-7-14-5-3-4-6-15(14)10-19-16-11-18-12-16/h3-6,13,16-17H,7-12H2,1-2H3. The molecule has 19 heavy (non-hydrogen) atoms. The van der Waals surface area contributed by atoms with Gasteiger partial charge in [0, 0.05) is 0 Å². The molecule has 0 aromatic heterocycles. The third kappa shape index (κ3) is 4.94. The van der Waals surface area contributed by atoms with Crippen molar-refractivity contribution in [2.24, 2.45) is 5.92 Å².